The smallest absolute Gasteiger partial charge is 0.323 e. The number of aliphatic imine (C=N–C) groups is 1. The van der Waals surface area contributed by atoms with Crippen LogP contribution in [0.15, 0.2) is 96.0 Å². The summed E-state index contributed by atoms with van der Waals surface area (Å²) in [6.07, 6.45) is 2.61. The number of tetrazole rings is 1. The maximum atomic E-state index is 9.24. The largest absolute Gasteiger partial charge is 0.354 e. The van der Waals surface area contributed by atoms with E-state index < -0.39 is 0 Å². The average molecular weight is 570 g/mol. The Morgan fingerprint density at radius 1 is 1.00 bits per heavy atom. The van der Waals surface area contributed by atoms with Gasteiger partial charge in [-0.05, 0) is 58.7 Å². The number of amidine groups is 1. The van der Waals surface area contributed by atoms with Gasteiger partial charge in [0.2, 0.25) is 5.82 Å². The molecule has 0 atom stereocenters. The number of para-hydroxylation sites is 1. The zero-order chi connectivity index (χ0) is 29.6. The lowest BCUT2D eigenvalue weighted by atomic mass is 9.98. The van der Waals surface area contributed by atoms with Crippen LogP contribution < -0.4 is 10.2 Å². The minimum Gasteiger partial charge on any atom is -0.323 e. The normalized spacial score (nSPS) is 11.3. The van der Waals surface area contributed by atoms with Crippen molar-refractivity contribution in [2.45, 2.75) is 26.8 Å². The van der Waals surface area contributed by atoms with Crippen LogP contribution in [-0.4, -0.2) is 36.2 Å². The van der Waals surface area contributed by atoms with Crippen LogP contribution in [-0.2, 0) is 17.9 Å². The summed E-state index contributed by atoms with van der Waals surface area (Å²) >= 11 is 0. The van der Waals surface area contributed by atoms with Crippen LogP contribution >= 0.6 is 0 Å². The van der Waals surface area contributed by atoms with Gasteiger partial charge in [-0.25, -0.2) is 15.2 Å². The number of aromatic nitrogens is 6. The molecule has 6 rings (SSSR count). The lowest BCUT2D eigenvalue weighted by Gasteiger charge is -2.11. The molecule has 0 fully saturated rings. The minimum absolute atomic E-state index is 0.0800. The lowest BCUT2D eigenvalue weighted by Crippen LogP contribution is -2.22. The van der Waals surface area contributed by atoms with Crippen molar-refractivity contribution in [3.63, 3.8) is 0 Å². The van der Waals surface area contributed by atoms with E-state index in [-0.39, 0.29) is 6.02 Å². The first-order valence-corrected chi connectivity index (χ1v) is 13.7. The van der Waals surface area contributed by atoms with E-state index in [9.17, 15) is 5.26 Å². The Labute approximate surface area is 247 Å². The number of nitrogens with one attached hydrogen (secondary N) is 2. The highest BCUT2D eigenvalue weighted by molar-refractivity contribution is 5.86. The number of nitriles is 1. The number of fused-ring (bicyclic) bond motifs is 1. The van der Waals surface area contributed by atoms with Gasteiger partial charge in [-0.15, -0.1) is 10.2 Å². The van der Waals surface area contributed by atoms with Gasteiger partial charge in [0, 0.05) is 18.5 Å². The highest BCUT2D eigenvalue weighted by Crippen LogP contribution is 2.31. The molecule has 0 spiro atoms. The molecule has 2 aromatic heterocycles. The van der Waals surface area contributed by atoms with Gasteiger partial charge in [0.1, 0.15) is 5.82 Å². The fraction of sp³-hybridized carbons (Fsp3) is 0.125. The summed E-state index contributed by atoms with van der Waals surface area (Å²) in [5, 5.41) is 26.2. The van der Waals surface area contributed by atoms with Crippen LogP contribution in [0.25, 0.3) is 33.5 Å². The number of rotatable bonds is 8. The van der Waals surface area contributed by atoms with Crippen molar-refractivity contribution in [2.24, 2.45) is 4.99 Å². The van der Waals surface area contributed by atoms with E-state index in [1.54, 1.807) is 12.1 Å². The van der Waals surface area contributed by atoms with Gasteiger partial charge >= 0.3 is 6.02 Å². The maximum Gasteiger partial charge on any atom is 0.354 e. The Bertz CT molecular complexity index is 1920. The predicted octanol–water partition coefficient (Wildman–Crippen LogP) is 5.87. The van der Waals surface area contributed by atoms with Gasteiger partial charge < -0.3 is 4.57 Å². The summed E-state index contributed by atoms with van der Waals surface area (Å²) in [5.41, 5.74) is 7.49. The summed E-state index contributed by atoms with van der Waals surface area (Å²) in [7, 11) is 0. The van der Waals surface area contributed by atoms with E-state index in [0.717, 1.165) is 51.1 Å². The second-order valence-corrected chi connectivity index (χ2v) is 9.71. The Kier molecular flexibility index (Phi) is 7.73. The molecule has 0 saturated carbocycles. The number of imidazole rings is 1. The second-order valence-electron chi connectivity index (χ2n) is 9.71. The quantitative estimate of drug-likeness (QED) is 0.0579. The van der Waals surface area contributed by atoms with Gasteiger partial charge in [0.25, 0.3) is 0 Å². The van der Waals surface area contributed by atoms with Gasteiger partial charge in [-0.2, -0.15) is 15.5 Å². The molecule has 4 aromatic carbocycles. The molecule has 6 aromatic rings. The van der Waals surface area contributed by atoms with E-state index in [0.29, 0.717) is 23.8 Å². The van der Waals surface area contributed by atoms with E-state index >= 15 is 0 Å². The Balaban J connectivity index is 1.30. The van der Waals surface area contributed by atoms with Gasteiger partial charge in [0.05, 0.1) is 16.7 Å². The third kappa shape index (κ3) is 5.89. The van der Waals surface area contributed by atoms with E-state index in [2.05, 4.69) is 66.7 Å². The molecular weight excluding hydrogens is 542 g/mol. The molecule has 11 nitrogen and oxygen atoms in total. The topological polar surface area (TPSA) is 139 Å². The Morgan fingerprint density at radius 3 is 2.49 bits per heavy atom. The van der Waals surface area contributed by atoms with Crippen LogP contribution in [0.3, 0.4) is 0 Å². The van der Waals surface area contributed by atoms with Gasteiger partial charge in [0.15, 0.2) is 11.9 Å². The van der Waals surface area contributed by atoms with Crippen LogP contribution in [0.4, 0.5) is 5.69 Å². The van der Waals surface area contributed by atoms with Crippen molar-refractivity contribution >= 4 is 22.7 Å². The van der Waals surface area contributed by atoms with Crippen molar-refractivity contribution in [1.29, 1.82) is 5.26 Å². The van der Waals surface area contributed by atoms with E-state index in [4.69, 9.17) is 14.8 Å². The first kappa shape index (κ1) is 27.2. The van der Waals surface area contributed by atoms with Crippen molar-refractivity contribution < 1.29 is 9.78 Å². The lowest BCUT2D eigenvalue weighted by molar-refractivity contribution is -0.120. The summed E-state index contributed by atoms with van der Waals surface area (Å²) < 4.78 is 2.20. The summed E-state index contributed by atoms with van der Waals surface area (Å²) in [6.45, 7) is 4.70. The van der Waals surface area contributed by atoms with Crippen molar-refractivity contribution in [2.75, 3.05) is 0 Å². The van der Waals surface area contributed by atoms with Gasteiger partial charge in [-0.1, -0.05) is 73.7 Å². The van der Waals surface area contributed by atoms with E-state index in [1.807, 2.05) is 67.7 Å². The number of hydrogen-bond acceptors (Lipinski definition) is 8. The zero-order valence-electron chi connectivity index (χ0n) is 23.5. The fourth-order valence-electron chi connectivity index (χ4n) is 4.91. The molecular formula is C32H27N9O2. The average Bonchev–Trinajstić information content (AvgIpc) is 3.70. The molecule has 0 aliphatic heterocycles. The second kappa shape index (κ2) is 12.2. The monoisotopic (exact) mass is 569 g/mol. The molecule has 11 heteroatoms. The SMILES string of the molecule is CCc1nc2c(C)cc(N=C(NC#N)OOc3ccccc3)cc2n1Cc1ccc(-c2ccccc2-c2nn[nH]n2)cc1. The number of H-pyrrole nitrogens is 1. The van der Waals surface area contributed by atoms with Crippen LogP contribution in [0.5, 0.6) is 5.75 Å². The summed E-state index contributed by atoms with van der Waals surface area (Å²) in [4.78, 5) is 20.1. The molecule has 0 aliphatic rings. The molecule has 0 bridgehead atoms. The highest BCUT2D eigenvalue weighted by atomic mass is 17.2. The van der Waals surface area contributed by atoms with Crippen LogP contribution in [0, 0.1) is 18.4 Å². The summed E-state index contributed by atoms with van der Waals surface area (Å²) in [5.74, 6) is 2.00. The van der Waals surface area contributed by atoms with Crippen LogP contribution in [0.1, 0.15) is 23.9 Å². The number of benzene rings is 4. The Hall–Kier alpha value is -6.02. The molecule has 43 heavy (non-hydrogen) atoms. The van der Waals surface area contributed by atoms with Crippen LogP contribution in [0.2, 0.25) is 0 Å². The first-order chi connectivity index (χ1) is 21.1. The molecule has 212 valence electrons. The minimum atomic E-state index is -0.0800. The zero-order valence-corrected chi connectivity index (χ0v) is 23.5. The third-order valence-corrected chi connectivity index (χ3v) is 6.90. The highest BCUT2D eigenvalue weighted by Gasteiger charge is 2.15. The number of nitrogens with zero attached hydrogens (tertiary/aromatic N) is 7. The predicted molar refractivity (Wildman–Crippen MR) is 162 cm³/mol. The molecule has 0 unspecified atom stereocenters. The number of aryl methyl sites for hydroxylation is 2. The Morgan fingerprint density at radius 2 is 1.77 bits per heavy atom. The summed E-state index contributed by atoms with van der Waals surface area (Å²) in [6, 6.07) is 29.2. The van der Waals surface area contributed by atoms with Gasteiger partial charge in [-0.3, -0.25) is 4.89 Å². The van der Waals surface area contributed by atoms with E-state index in [1.165, 1.54) is 0 Å². The number of hydrogen-bond donors (Lipinski definition) is 2. The first-order valence-electron chi connectivity index (χ1n) is 13.7. The molecule has 2 N–H and O–H groups in total. The fourth-order valence-corrected chi connectivity index (χ4v) is 4.91. The maximum absolute atomic E-state index is 9.24. The molecule has 0 saturated heterocycles. The number of aromatic amines is 1. The third-order valence-electron chi connectivity index (χ3n) is 6.90. The van der Waals surface area contributed by atoms with Crippen molar-refractivity contribution in [1.82, 2.24) is 35.5 Å². The molecule has 2 heterocycles. The standard InChI is InChI=1S/C32H27N9O2/c1-3-29-36-30-21(2)17-24(35-32(34-20-33)43-42-25-9-5-4-6-10-25)18-28(30)41(29)19-22-13-15-23(16-14-22)26-11-7-8-12-27(26)31-37-39-40-38-31/h4-18H,3,19H2,1-2H3,(H,34,35)(H,37,38,39,40). The molecule has 0 aliphatic carbocycles. The molecule has 0 amide bonds. The van der Waals surface area contributed by atoms with Crippen molar-refractivity contribution in [3.05, 3.63) is 108 Å². The molecule has 0 radical (unpaired) electrons. The van der Waals surface area contributed by atoms with Crippen molar-refractivity contribution in [3.8, 4) is 34.5 Å².